The van der Waals surface area contributed by atoms with E-state index in [1.165, 1.54) is 76.6 Å². The highest BCUT2D eigenvalue weighted by molar-refractivity contribution is 7.90. The Balaban J connectivity index is 1.23. The van der Waals surface area contributed by atoms with E-state index in [1.54, 1.807) is 6.92 Å². The van der Waals surface area contributed by atoms with Crippen molar-refractivity contribution in [3.63, 3.8) is 0 Å². The molecule has 0 bridgehead atoms. The molecule has 0 radical (unpaired) electrons. The van der Waals surface area contributed by atoms with E-state index in [4.69, 9.17) is 0 Å². The van der Waals surface area contributed by atoms with Gasteiger partial charge in [-0.05, 0) is 111 Å². The summed E-state index contributed by atoms with van der Waals surface area (Å²) in [5, 5.41) is 0. The van der Waals surface area contributed by atoms with E-state index < -0.39 is 15.9 Å². The first kappa shape index (κ1) is 28.0. The van der Waals surface area contributed by atoms with Gasteiger partial charge in [-0.3, -0.25) is 4.79 Å². The zero-order valence-electron chi connectivity index (χ0n) is 24.2. The molecule has 0 spiro atoms. The second-order valence-corrected chi connectivity index (χ2v) is 15.6. The molecule has 9 atom stereocenters. The highest BCUT2D eigenvalue weighted by Crippen LogP contribution is 2.69. The van der Waals surface area contributed by atoms with Crippen molar-refractivity contribution in [3.8, 4) is 0 Å². The van der Waals surface area contributed by atoms with Gasteiger partial charge in [-0.25, -0.2) is 23.1 Å². The molecule has 3 unspecified atom stereocenters. The van der Waals surface area contributed by atoms with Crippen molar-refractivity contribution >= 4 is 15.9 Å². The number of carbonyl (C=O) groups excluding carboxylic acids is 1. The molecule has 4 saturated carbocycles. The summed E-state index contributed by atoms with van der Waals surface area (Å²) in [6.45, 7) is 11.7. The lowest BCUT2D eigenvalue weighted by molar-refractivity contribution is -0.138. The molecule has 7 heteroatoms. The predicted molar refractivity (Wildman–Crippen MR) is 149 cm³/mol. The minimum absolute atomic E-state index is 0.0702. The van der Waals surface area contributed by atoms with Gasteiger partial charge in [0, 0.05) is 6.42 Å². The lowest BCUT2D eigenvalue weighted by Crippen LogP contribution is -2.55. The van der Waals surface area contributed by atoms with Crippen molar-refractivity contribution in [3.05, 3.63) is 18.2 Å². The Kier molecular flexibility index (Phi) is 7.73. The molecule has 1 amide bonds. The lowest BCUT2D eigenvalue weighted by atomic mass is 9.42. The Bertz CT molecular complexity index is 1120. The summed E-state index contributed by atoms with van der Waals surface area (Å²) in [5.74, 6) is 5.46. The van der Waals surface area contributed by atoms with Crippen LogP contribution in [0.2, 0.25) is 0 Å². The van der Waals surface area contributed by atoms with Gasteiger partial charge in [0.05, 0.1) is 12.4 Å². The Labute approximate surface area is 230 Å². The number of nitrogens with one attached hydrogen (secondary N) is 1. The minimum Gasteiger partial charge on any atom is -0.274 e. The van der Waals surface area contributed by atoms with Crippen molar-refractivity contribution in [1.82, 2.24) is 14.7 Å². The summed E-state index contributed by atoms with van der Waals surface area (Å²) in [4.78, 5) is 20.5. The normalized spacial score (nSPS) is 39.5. The molecule has 6 nitrogen and oxygen atoms in total. The fourth-order valence-corrected chi connectivity index (χ4v) is 11.2. The molecule has 0 aliphatic heterocycles. The third-order valence-electron chi connectivity index (χ3n) is 12.2. The number of amides is 1. The topological polar surface area (TPSA) is 89.0 Å². The van der Waals surface area contributed by atoms with Crippen LogP contribution in [0.15, 0.2) is 17.3 Å². The highest BCUT2D eigenvalue weighted by atomic mass is 32.2. The van der Waals surface area contributed by atoms with Crippen LogP contribution in [0.4, 0.5) is 0 Å². The zero-order valence-corrected chi connectivity index (χ0v) is 25.0. The molecule has 1 aromatic heterocycles. The monoisotopic (exact) mass is 543 g/mol. The number of fused-ring (bicyclic) bond motifs is 5. The number of aromatic nitrogens is 2. The molecule has 5 rings (SSSR count). The summed E-state index contributed by atoms with van der Waals surface area (Å²) >= 11 is 0. The number of hydrogen-bond acceptors (Lipinski definition) is 5. The van der Waals surface area contributed by atoms with Crippen LogP contribution in [0.3, 0.4) is 0 Å². The van der Waals surface area contributed by atoms with Gasteiger partial charge in [0.15, 0.2) is 0 Å². The van der Waals surface area contributed by atoms with Crippen molar-refractivity contribution < 1.29 is 13.2 Å². The van der Waals surface area contributed by atoms with Crippen molar-refractivity contribution in [1.29, 1.82) is 0 Å². The molecule has 4 fully saturated rings. The molecule has 4 aliphatic carbocycles. The quantitative estimate of drug-likeness (QED) is 0.414. The van der Waals surface area contributed by atoms with E-state index in [1.807, 2.05) is 0 Å². The van der Waals surface area contributed by atoms with Gasteiger partial charge in [-0.1, -0.05) is 47.0 Å². The van der Waals surface area contributed by atoms with E-state index in [0.29, 0.717) is 28.5 Å². The maximum absolute atomic E-state index is 12.7. The van der Waals surface area contributed by atoms with Crippen LogP contribution in [0.25, 0.3) is 0 Å². The Morgan fingerprint density at radius 1 is 1.03 bits per heavy atom. The molecular formula is C31H49N3O3S. The molecule has 212 valence electrons. The van der Waals surface area contributed by atoms with Crippen LogP contribution in [0, 0.1) is 59.2 Å². The number of sulfonamides is 1. The summed E-state index contributed by atoms with van der Waals surface area (Å²) in [5.41, 5.74) is 0.886. The largest absolute Gasteiger partial charge is 0.274 e. The van der Waals surface area contributed by atoms with Crippen LogP contribution in [-0.2, 0) is 14.8 Å². The van der Waals surface area contributed by atoms with E-state index in [0.717, 1.165) is 36.0 Å². The van der Waals surface area contributed by atoms with E-state index in [-0.39, 0.29) is 11.3 Å². The smallest absolute Gasteiger partial charge is 0.267 e. The fourth-order valence-electron chi connectivity index (χ4n) is 10.3. The summed E-state index contributed by atoms with van der Waals surface area (Å²) in [6.07, 6.45) is 17.2. The average Bonchev–Trinajstić information content (AvgIpc) is 3.24. The van der Waals surface area contributed by atoms with Gasteiger partial charge in [0.25, 0.3) is 10.0 Å². The van der Waals surface area contributed by atoms with Crippen molar-refractivity contribution in [2.24, 2.45) is 52.3 Å². The number of aryl methyl sites for hydroxylation is 1. The maximum Gasteiger partial charge on any atom is 0.267 e. The number of nitrogens with zero attached hydrogens (tertiary/aromatic N) is 2. The van der Waals surface area contributed by atoms with Crippen LogP contribution in [-0.4, -0.2) is 24.3 Å². The predicted octanol–water partition coefficient (Wildman–Crippen LogP) is 6.69. The van der Waals surface area contributed by atoms with Crippen molar-refractivity contribution in [2.45, 2.75) is 117 Å². The van der Waals surface area contributed by atoms with Gasteiger partial charge < -0.3 is 0 Å². The van der Waals surface area contributed by atoms with Crippen molar-refractivity contribution in [2.75, 3.05) is 0 Å². The first-order valence-corrected chi connectivity index (χ1v) is 16.8. The summed E-state index contributed by atoms with van der Waals surface area (Å²) in [7, 11) is -3.94. The Hall–Kier alpha value is -1.50. The maximum atomic E-state index is 12.7. The standard InChI is InChI=1S/C31H49N3O3S/c1-6-22-17-24-27-12-11-25(31(27,5)16-14-28(24)30(4)15-8-7-9-26(22)30)20(2)10-13-29(35)34-38(36,37)23-18-32-21(3)33-19-23/h18-20,22,24-28H,6-17H2,1-5H3,(H,34,35)/t20-,22+,24?,25-,26+,27?,28?,30+,31-/m1/s1. The minimum atomic E-state index is -3.94. The molecular weight excluding hydrogens is 494 g/mol. The Morgan fingerprint density at radius 3 is 2.45 bits per heavy atom. The van der Waals surface area contributed by atoms with Gasteiger partial charge in [-0.15, -0.1) is 0 Å². The number of carbonyl (C=O) groups is 1. The Morgan fingerprint density at radius 2 is 1.74 bits per heavy atom. The van der Waals surface area contributed by atoms with Gasteiger partial charge in [-0.2, -0.15) is 0 Å². The summed E-state index contributed by atoms with van der Waals surface area (Å²) < 4.78 is 27.4. The van der Waals surface area contributed by atoms with Crippen LogP contribution >= 0.6 is 0 Å². The summed E-state index contributed by atoms with van der Waals surface area (Å²) in [6, 6.07) is 0. The molecule has 1 heterocycles. The SMILES string of the molecule is CC[C@H]1CC2C3CC[C@H]([C@H](C)CCC(=O)NS(=O)(=O)c4cnc(C)nc4)[C@@]3(C)CCC2[C@@]2(C)CCCC[C@@H]12. The second-order valence-electron chi connectivity index (χ2n) is 13.9. The third-order valence-corrected chi connectivity index (χ3v) is 13.5. The molecule has 38 heavy (non-hydrogen) atoms. The molecule has 1 aromatic rings. The lowest BCUT2D eigenvalue weighted by Gasteiger charge is -2.63. The van der Waals surface area contributed by atoms with E-state index >= 15 is 0 Å². The van der Waals surface area contributed by atoms with Crippen LogP contribution < -0.4 is 4.72 Å². The van der Waals surface area contributed by atoms with Gasteiger partial charge in [0.1, 0.15) is 10.7 Å². The average molecular weight is 544 g/mol. The molecule has 4 aliphatic rings. The van der Waals surface area contributed by atoms with Gasteiger partial charge >= 0.3 is 0 Å². The molecule has 0 saturated heterocycles. The molecule has 1 N–H and O–H groups in total. The fraction of sp³-hybridized carbons (Fsp3) is 0.839. The zero-order chi connectivity index (χ0) is 27.3. The highest BCUT2D eigenvalue weighted by Gasteiger charge is 2.61. The van der Waals surface area contributed by atoms with Crippen LogP contribution in [0.1, 0.15) is 111 Å². The molecule has 0 aromatic carbocycles. The first-order chi connectivity index (χ1) is 18.0. The second kappa shape index (κ2) is 10.5. The number of hydrogen-bond donors (Lipinski definition) is 1. The van der Waals surface area contributed by atoms with Crippen LogP contribution in [0.5, 0.6) is 0 Å². The van der Waals surface area contributed by atoms with Gasteiger partial charge in [0.2, 0.25) is 5.91 Å². The first-order valence-electron chi connectivity index (χ1n) is 15.3. The van der Waals surface area contributed by atoms with E-state index in [9.17, 15) is 13.2 Å². The van der Waals surface area contributed by atoms with E-state index in [2.05, 4.69) is 42.4 Å². The number of rotatable bonds is 7. The third kappa shape index (κ3) is 4.83.